The Bertz CT molecular complexity index is 505. The molecule has 126 valence electrons. The smallest absolute Gasteiger partial charge is 0.223 e. The Balaban J connectivity index is 1.49. The zero-order valence-electron chi connectivity index (χ0n) is 14.3. The Morgan fingerprint density at radius 2 is 1.87 bits per heavy atom. The molecule has 3 rings (SSSR count). The van der Waals surface area contributed by atoms with Gasteiger partial charge in [0.1, 0.15) is 0 Å². The standard InChI is InChI=1S/C20H30N2O/c1-15-3-2-4-19(13-15)20(23)22-14-16-5-7-17(8-6-16)18-9-11-21-12-10-18/h5-8,15,18-19,21H,2-4,9-14H2,1H3,(H,22,23). The zero-order valence-corrected chi connectivity index (χ0v) is 14.3. The van der Waals surface area contributed by atoms with Gasteiger partial charge in [-0.15, -0.1) is 0 Å². The number of rotatable bonds is 4. The lowest BCUT2D eigenvalue weighted by Gasteiger charge is -2.26. The van der Waals surface area contributed by atoms with Gasteiger partial charge in [-0.3, -0.25) is 4.79 Å². The fourth-order valence-corrected chi connectivity index (χ4v) is 4.07. The molecule has 1 saturated carbocycles. The van der Waals surface area contributed by atoms with Gasteiger partial charge >= 0.3 is 0 Å². The summed E-state index contributed by atoms with van der Waals surface area (Å²) in [4.78, 5) is 12.3. The summed E-state index contributed by atoms with van der Waals surface area (Å²) in [5.74, 6) is 1.87. The van der Waals surface area contributed by atoms with Gasteiger partial charge in [-0.25, -0.2) is 0 Å². The van der Waals surface area contributed by atoms with Gasteiger partial charge in [0.25, 0.3) is 0 Å². The molecule has 1 aromatic carbocycles. The number of carbonyl (C=O) groups excluding carboxylic acids is 1. The van der Waals surface area contributed by atoms with E-state index in [0.717, 1.165) is 25.9 Å². The molecule has 1 aromatic rings. The average Bonchev–Trinajstić information content (AvgIpc) is 2.61. The van der Waals surface area contributed by atoms with E-state index in [2.05, 4.69) is 41.8 Å². The second kappa shape index (κ2) is 7.96. The van der Waals surface area contributed by atoms with Gasteiger partial charge in [-0.05, 0) is 61.7 Å². The molecule has 2 unspecified atom stereocenters. The molecule has 3 heteroatoms. The van der Waals surface area contributed by atoms with E-state index in [1.54, 1.807) is 0 Å². The Hall–Kier alpha value is -1.35. The van der Waals surface area contributed by atoms with Crippen LogP contribution in [-0.4, -0.2) is 19.0 Å². The van der Waals surface area contributed by atoms with E-state index >= 15 is 0 Å². The third kappa shape index (κ3) is 4.57. The number of hydrogen-bond acceptors (Lipinski definition) is 2. The summed E-state index contributed by atoms with van der Waals surface area (Å²) in [6.07, 6.45) is 7.06. The lowest BCUT2D eigenvalue weighted by molar-refractivity contribution is -0.126. The van der Waals surface area contributed by atoms with Crippen LogP contribution in [0.5, 0.6) is 0 Å². The van der Waals surface area contributed by atoms with E-state index in [9.17, 15) is 4.79 Å². The number of carbonyl (C=O) groups is 1. The molecule has 0 spiro atoms. The van der Waals surface area contributed by atoms with Gasteiger partial charge in [0.2, 0.25) is 5.91 Å². The van der Waals surface area contributed by atoms with Crippen LogP contribution in [0.15, 0.2) is 24.3 Å². The highest BCUT2D eigenvalue weighted by atomic mass is 16.1. The third-order valence-electron chi connectivity index (χ3n) is 5.56. The lowest BCUT2D eigenvalue weighted by atomic mass is 9.82. The fraction of sp³-hybridized carbons (Fsp3) is 0.650. The van der Waals surface area contributed by atoms with Gasteiger partial charge in [-0.1, -0.05) is 44.0 Å². The van der Waals surface area contributed by atoms with E-state index in [-0.39, 0.29) is 11.8 Å². The highest BCUT2D eigenvalue weighted by molar-refractivity contribution is 5.78. The molecule has 2 N–H and O–H groups in total. The second-order valence-corrected chi connectivity index (χ2v) is 7.45. The van der Waals surface area contributed by atoms with E-state index in [0.29, 0.717) is 18.4 Å². The SMILES string of the molecule is CC1CCCC(C(=O)NCc2ccc(C3CCNCC3)cc2)C1. The maximum absolute atomic E-state index is 12.3. The molecule has 3 nitrogen and oxygen atoms in total. The summed E-state index contributed by atoms with van der Waals surface area (Å²) in [5, 5.41) is 6.55. The van der Waals surface area contributed by atoms with Crippen LogP contribution in [0.25, 0.3) is 0 Å². The predicted molar refractivity (Wildman–Crippen MR) is 94.3 cm³/mol. The first-order chi connectivity index (χ1) is 11.2. The Labute approximate surface area is 140 Å². The van der Waals surface area contributed by atoms with Crippen LogP contribution >= 0.6 is 0 Å². The van der Waals surface area contributed by atoms with Crippen molar-refractivity contribution in [1.29, 1.82) is 0 Å². The maximum atomic E-state index is 12.3. The quantitative estimate of drug-likeness (QED) is 0.891. The Morgan fingerprint density at radius 1 is 1.13 bits per heavy atom. The maximum Gasteiger partial charge on any atom is 0.223 e. The Kier molecular flexibility index (Phi) is 5.71. The summed E-state index contributed by atoms with van der Waals surface area (Å²) in [5.41, 5.74) is 2.66. The van der Waals surface area contributed by atoms with Crippen LogP contribution in [0.1, 0.15) is 62.5 Å². The van der Waals surface area contributed by atoms with E-state index in [1.807, 2.05) is 0 Å². The summed E-state index contributed by atoms with van der Waals surface area (Å²) in [6, 6.07) is 8.86. The second-order valence-electron chi connectivity index (χ2n) is 7.45. The molecule has 0 bridgehead atoms. The highest BCUT2D eigenvalue weighted by Crippen LogP contribution is 2.29. The van der Waals surface area contributed by atoms with Gasteiger partial charge < -0.3 is 10.6 Å². The fourth-order valence-electron chi connectivity index (χ4n) is 4.07. The molecule has 1 heterocycles. The summed E-state index contributed by atoms with van der Waals surface area (Å²) in [6.45, 7) is 5.18. The van der Waals surface area contributed by atoms with Crippen LogP contribution in [0.3, 0.4) is 0 Å². The molecule has 1 aliphatic heterocycles. The van der Waals surface area contributed by atoms with Crippen molar-refractivity contribution in [2.45, 2.75) is 57.9 Å². The molecule has 23 heavy (non-hydrogen) atoms. The van der Waals surface area contributed by atoms with E-state index in [4.69, 9.17) is 0 Å². The molecular formula is C20H30N2O. The van der Waals surface area contributed by atoms with Gasteiger partial charge in [0, 0.05) is 12.5 Å². The van der Waals surface area contributed by atoms with E-state index < -0.39 is 0 Å². The summed E-state index contributed by atoms with van der Waals surface area (Å²) >= 11 is 0. The van der Waals surface area contributed by atoms with Crippen molar-refractivity contribution < 1.29 is 4.79 Å². The van der Waals surface area contributed by atoms with Crippen molar-refractivity contribution in [3.8, 4) is 0 Å². The minimum absolute atomic E-state index is 0.229. The summed E-state index contributed by atoms with van der Waals surface area (Å²) < 4.78 is 0. The average molecular weight is 314 g/mol. The highest BCUT2D eigenvalue weighted by Gasteiger charge is 2.24. The molecule has 0 radical (unpaired) electrons. The van der Waals surface area contributed by atoms with E-state index in [1.165, 1.54) is 36.8 Å². The molecule has 2 aliphatic rings. The van der Waals surface area contributed by atoms with Crippen molar-refractivity contribution in [1.82, 2.24) is 10.6 Å². The number of nitrogens with one attached hydrogen (secondary N) is 2. The number of piperidine rings is 1. The molecular weight excluding hydrogens is 284 g/mol. The Morgan fingerprint density at radius 3 is 2.57 bits per heavy atom. The van der Waals surface area contributed by atoms with Crippen molar-refractivity contribution in [3.63, 3.8) is 0 Å². The van der Waals surface area contributed by atoms with Gasteiger partial charge in [0.05, 0.1) is 0 Å². The zero-order chi connectivity index (χ0) is 16.1. The first kappa shape index (κ1) is 16.5. The van der Waals surface area contributed by atoms with Crippen LogP contribution in [0.2, 0.25) is 0 Å². The first-order valence-corrected chi connectivity index (χ1v) is 9.29. The number of benzene rings is 1. The van der Waals surface area contributed by atoms with Crippen molar-refractivity contribution >= 4 is 5.91 Å². The summed E-state index contributed by atoms with van der Waals surface area (Å²) in [7, 11) is 0. The van der Waals surface area contributed by atoms with Crippen LogP contribution < -0.4 is 10.6 Å². The monoisotopic (exact) mass is 314 g/mol. The minimum Gasteiger partial charge on any atom is -0.352 e. The largest absolute Gasteiger partial charge is 0.352 e. The van der Waals surface area contributed by atoms with Crippen molar-refractivity contribution in [2.75, 3.05) is 13.1 Å². The molecule has 1 aliphatic carbocycles. The topological polar surface area (TPSA) is 41.1 Å². The molecule has 1 amide bonds. The van der Waals surface area contributed by atoms with Gasteiger partial charge in [0.15, 0.2) is 0 Å². The first-order valence-electron chi connectivity index (χ1n) is 9.29. The predicted octanol–water partition coefficient (Wildman–Crippen LogP) is 3.60. The minimum atomic E-state index is 0.229. The number of amides is 1. The molecule has 2 fully saturated rings. The van der Waals surface area contributed by atoms with Crippen LogP contribution in [0, 0.1) is 11.8 Å². The van der Waals surface area contributed by atoms with Crippen molar-refractivity contribution in [2.24, 2.45) is 11.8 Å². The van der Waals surface area contributed by atoms with Gasteiger partial charge in [-0.2, -0.15) is 0 Å². The normalized spacial score (nSPS) is 26.0. The van der Waals surface area contributed by atoms with Crippen LogP contribution in [-0.2, 0) is 11.3 Å². The lowest BCUT2D eigenvalue weighted by Crippen LogP contribution is -2.33. The molecule has 2 atom stereocenters. The van der Waals surface area contributed by atoms with Crippen molar-refractivity contribution in [3.05, 3.63) is 35.4 Å². The molecule has 0 aromatic heterocycles. The molecule has 1 saturated heterocycles. The number of hydrogen-bond donors (Lipinski definition) is 2. The third-order valence-corrected chi connectivity index (χ3v) is 5.56. The van der Waals surface area contributed by atoms with Crippen LogP contribution in [0.4, 0.5) is 0 Å².